The molecule has 1 aliphatic rings. The number of ether oxygens (including phenoxy) is 1. The second kappa shape index (κ2) is 9.95. The monoisotopic (exact) mass is 438 g/mol. The summed E-state index contributed by atoms with van der Waals surface area (Å²) in [4.78, 5) is 38.0. The molecule has 2 aromatic carbocycles. The number of nitrogens with one attached hydrogen (secondary N) is 2. The fourth-order valence-electron chi connectivity index (χ4n) is 3.99. The molecule has 9 heteroatoms. The third-order valence-corrected chi connectivity index (χ3v) is 5.50. The molecule has 1 unspecified atom stereocenters. The van der Waals surface area contributed by atoms with E-state index in [1.807, 2.05) is 6.07 Å². The highest BCUT2D eigenvalue weighted by atomic mass is 16.5. The second-order valence-electron chi connectivity index (χ2n) is 7.57. The van der Waals surface area contributed by atoms with Gasteiger partial charge >= 0.3 is 17.8 Å². The number of aliphatic carboxylic acids is 1. The van der Waals surface area contributed by atoms with Crippen LogP contribution in [-0.2, 0) is 19.9 Å². The average Bonchev–Trinajstić information content (AvgIpc) is 2.78. The molecule has 1 saturated heterocycles. The standard InChI is InChI=1S/C23H26N4O5/c24-20(25)16-7-9-18(10-8-16)32-14-4-11-23(15-19(28)29,17-5-2-1-3-6-17)27-13-12-26-21(30)22(27)31/h1-3,5-10H,4,11-15H2,(H3,24,25)(H,26,30)(H,28,29). The number of amides is 2. The number of nitrogen functional groups attached to an aromatic ring is 1. The highest BCUT2D eigenvalue weighted by Gasteiger charge is 2.45. The Labute approximate surface area is 185 Å². The summed E-state index contributed by atoms with van der Waals surface area (Å²) in [5.74, 6) is -1.97. The summed E-state index contributed by atoms with van der Waals surface area (Å²) in [7, 11) is 0. The molecule has 168 valence electrons. The zero-order chi connectivity index (χ0) is 23.1. The van der Waals surface area contributed by atoms with Gasteiger partial charge in [-0.05, 0) is 42.7 Å². The normalized spacial score (nSPS) is 15.6. The molecule has 9 nitrogen and oxygen atoms in total. The Morgan fingerprint density at radius 2 is 1.84 bits per heavy atom. The summed E-state index contributed by atoms with van der Waals surface area (Å²) in [6.07, 6.45) is 0.416. The molecule has 1 atom stereocenters. The van der Waals surface area contributed by atoms with Gasteiger partial charge in [0.1, 0.15) is 11.6 Å². The molecular weight excluding hydrogens is 412 g/mol. The highest BCUT2D eigenvalue weighted by molar-refractivity contribution is 6.35. The largest absolute Gasteiger partial charge is 0.494 e. The SMILES string of the molecule is N=C(N)c1ccc(OCCCC(CC(=O)O)(c2ccccc2)N2CCNC(=O)C2=O)cc1. The zero-order valence-corrected chi connectivity index (χ0v) is 17.5. The maximum Gasteiger partial charge on any atom is 0.312 e. The number of nitrogens with two attached hydrogens (primary N) is 1. The number of amidine groups is 1. The van der Waals surface area contributed by atoms with E-state index < -0.39 is 23.3 Å². The molecule has 3 rings (SSSR count). The van der Waals surface area contributed by atoms with Crippen LogP contribution >= 0.6 is 0 Å². The molecule has 1 heterocycles. The number of carbonyl (C=O) groups is 3. The fourth-order valence-corrected chi connectivity index (χ4v) is 3.99. The van der Waals surface area contributed by atoms with E-state index >= 15 is 0 Å². The minimum absolute atomic E-state index is 0.0342. The van der Waals surface area contributed by atoms with Crippen molar-refractivity contribution < 1.29 is 24.2 Å². The smallest absolute Gasteiger partial charge is 0.312 e. The van der Waals surface area contributed by atoms with Crippen molar-refractivity contribution in [3.05, 3.63) is 65.7 Å². The van der Waals surface area contributed by atoms with Gasteiger partial charge < -0.3 is 25.8 Å². The first-order valence-corrected chi connectivity index (χ1v) is 10.3. The summed E-state index contributed by atoms with van der Waals surface area (Å²) >= 11 is 0. The molecule has 32 heavy (non-hydrogen) atoms. The van der Waals surface area contributed by atoms with Crippen LogP contribution in [0.4, 0.5) is 0 Å². The molecular formula is C23H26N4O5. The van der Waals surface area contributed by atoms with Crippen molar-refractivity contribution in [3.8, 4) is 5.75 Å². The van der Waals surface area contributed by atoms with Crippen molar-refractivity contribution in [2.45, 2.75) is 24.8 Å². The molecule has 0 spiro atoms. The van der Waals surface area contributed by atoms with Gasteiger partial charge in [0.05, 0.1) is 18.6 Å². The number of carboxylic acid groups (broad SMARTS) is 1. The predicted octanol–water partition coefficient (Wildman–Crippen LogP) is 1.46. The Morgan fingerprint density at radius 1 is 1.16 bits per heavy atom. The summed E-state index contributed by atoms with van der Waals surface area (Å²) in [5, 5.41) is 19.7. The Kier molecular flexibility index (Phi) is 7.09. The van der Waals surface area contributed by atoms with Gasteiger partial charge in [0.25, 0.3) is 0 Å². The van der Waals surface area contributed by atoms with Crippen LogP contribution in [0.25, 0.3) is 0 Å². The predicted molar refractivity (Wildman–Crippen MR) is 117 cm³/mol. The minimum Gasteiger partial charge on any atom is -0.494 e. The summed E-state index contributed by atoms with van der Waals surface area (Å²) < 4.78 is 5.77. The van der Waals surface area contributed by atoms with Crippen molar-refractivity contribution >= 4 is 23.6 Å². The van der Waals surface area contributed by atoms with Gasteiger partial charge in [-0.15, -0.1) is 0 Å². The van der Waals surface area contributed by atoms with Crippen molar-refractivity contribution in [1.29, 1.82) is 5.41 Å². The van der Waals surface area contributed by atoms with Crippen molar-refractivity contribution in [1.82, 2.24) is 10.2 Å². The summed E-state index contributed by atoms with van der Waals surface area (Å²) in [5.41, 5.74) is 5.53. The van der Waals surface area contributed by atoms with Crippen LogP contribution in [-0.4, -0.2) is 53.3 Å². The number of carbonyl (C=O) groups excluding carboxylic acids is 2. The van der Waals surface area contributed by atoms with Crippen molar-refractivity contribution in [2.75, 3.05) is 19.7 Å². The van der Waals surface area contributed by atoms with Crippen LogP contribution in [0, 0.1) is 5.41 Å². The van der Waals surface area contributed by atoms with Crippen LogP contribution in [0.1, 0.15) is 30.4 Å². The molecule has 1 aliphatic heterocycles. The van der Waals surface area contributed by atoms with Crippen molar-refractivity contribution in [2.24, 2.45) is 5.73 Å². The van der Waals surface area contributed by atoms with E-state index in [-0.39, 0.29) is 32.0 Å². The topological polar surface area (TPSA) is 146 Å². The molecule has 0 aromatic heterocycles. The van der Waals surface area contributed by atoms with Crippen LogP contribution in [0.5, 0.6) is 5.75 Å². The molecule has 0 saturated carbocycles. The quantitative estimate of drug-likeness (QED) is 0.191. The van der Waals surface area contributed by atoms with Gasteiger partial charge in [0.15, 0.2) is 0 Å². The lowest BCUT2D eigenvalue weighted by Gasteiger charge is -2.45. The van der Waals surface area contributed by atoms with Gasteiger partial charge in [0, 0.05) is 18.7 Å². The average molecular weight is 438 g/mol. The molecule has 2 amide bonds. The summed E-state index contributed by atoms with van der Waals surface area (Å²) in [6.45, 7) is 0.764. The van der Waals surface area contributed by atoms with E-state index in [1.165, 1.54) is 4.90 Å². The third-order valence-electron chi connectivity index (χ3n) is 5.50. The van der Waals surface area contributed by atoms with E-state index in [0.717, 1.165) is 0 Å². The van der Waals surface area contributed by atoms with Gasteiger partial charge in [-0.2, -0.15) is 0 Å². The highest BCUT2D eigenvalue weighted by Crippen LogP contribution is 2.38. The molecule has 2 aromatic rings. The fraction of sp³-hybridized carbons (Fsp3) is 0.304. The van der Waals surface area contributed by atoms with Gasteiger partial charge in [-0.3, -0.25) is 19.8 Å². The molecule has 5 N–H and O–H groups in total. The number of hydrogen-bond donors (Lipinski definition) is 4. The number of hydrogen-bond acceptors (Lipinski definition) is 5. The Morgan fingerprint density at radius 3 is 2.47 bits per heavy atom. The zero-order valence-electron chi connectivity index (χ0n) is 17.5. The number of rotatable bonds is 10. The van der Waals surface area contributed by atoms with Gasteiger partial charge in [-0.25, -0.2) is 0 Å². The lowest BCUT2D eigenvalue weighted by molar-refractivity contribution is -0.157. The number of piperazine rings is 1. The second-order valence-corrected chi connectivity index (χ2v) is 7.57. The summed E-state index contributed by atoms with van der Waals surface area (Å²) in [6, 6.07) is 15.7. The van der Waals surface area contributed by atoms with Crippen LogP contribution < -0.4 is 15.8 Å². The van der Waals surface area contributed by atoms with E-state index in [9.17, 15) is 19.5 Å². The molecule has 0 bridgehead atoms. The van der Waals surface area contributed by atoms with E-state index in [0.29, 0.717) is 29.7 Å². The van der Waals surface area contributed by atoms with Crippen molar-refractivity contribution in [3.63, 3.8) is 0 Å². The first-order valence-electron chi connectivity index (χ1n) is 10.3. The van der Waals surface area contributed by atoms with Crippen LogP contribution in [0.2, 0.25) is 0 Å². The Hall–Kier alpha value is -3.88. The molecule has 0 aliphatic carbocycles. The van der Waals surface area contributed by atoms with Gasteiger partial charge in [0.2, 0.25) is 0 Å². The Balaban J connectivity index is 1.81. The van der Waals surface area contributed by atoms with Crippen LogP contribution in [0.3, 0.4) is 0 Å². The Bertz CT molecular complexity index is 993. The number of nitrogens with zero attached hydrogens (tertiary/aromatic N) is 1. The number of benzene rings is 2. The number of carboxylic acids is 1. The maximum atomic E-state index is 12.7. The van der Waals surface area contributed by atoms with E-state index in [4.69, 9.17) is 15.9 Å². The van der Waals surface area contributed by atoms with Crippen LogP contribution in [0.15, 0.2) is 54.6 Å². The molecule has 0 radical (unpaired) electrons. The third kappa shape index (κ3) is 5.05. The molecule has 1 fully saturated rings. The lowest BCUT2D eigenvalue weighted by atomic mass is 9.80. The van der Waals surface area contributed by atoms with E-state index in [1.54, 1.807) is 48.5 Å². The minimum atomic E-state index is -1.18. The first-order chi connectivity index (χ1) is 15.3. The van der Waals surface area contributed by atoms with Gasteiger partial charge in [-0.1, -0.05) is 30.3 Å². The van der Waals surface area contributed by atoms with E-state index in [2.05, 4.69) is 5.32 Å². The lowest BCUT2D eigenvalue weighted by Crippen LogP contribution is -2.60. The maximum absolute atomic E-state index is 12.7. The first kappa shape index (κ1) is 22.8.